The molecule has 0 saturated carbocycles. The zero-order chi connectivity index (χ0) is 11.8. The lowest BCUT2D eigenvalue weighted by atomic mass is 9.98. The van der Waals surface area contributed by atoms with E-state index in [-0.39, 0.29) is 17.7 Å². The van der Waals surface area contributed by atoms with Crippen molar-refractivity contribution in [3.8, 4) is 0 Å². The number of carbonyl (C=O) groups is 2. The lowest BCUT2D eigenvalue weighted by molar-refractivity contribution is -0.129. The highest BCUT2D eigenvalue weighted by molar-refractivity contribution is 5.87. The summed E-state index contributed by atoms with van der Waals surface area (Å²) in [6, 6.07) is -0.459. The molecule has 0 aromatic rings. The predicted octanol–water partition coefficient (Wildman–Crippen LogP) is -0.388. The lowest BCUT2D eigenvalue weighted by Crippen LogP contribution is -2.50. The number of nitrogens with one attached hydrogen (secondary N) is 2. The summed E-state index contributed by atoms with van der Waals surface area (Å²) in [6.45, 7) is 6.16. The van der Waals surface area contributed by atoms with Crippen LogP contribution in [0.2, 0.25) is 0 Å². The maximum atomic E-state index is 11.7. The van der Waals surface area contributed by atoms with Crippen LogP contribution in [0.25, 0.3) is 0 Å². The van der Waals surface area contributed by atoms with Gasteiger partial charge in [-0.3, -0.25) is 9.59 Å². The molecule has 0 aliphatic carbocycles. The van der Waals surface area contributed by atoms with Gasteiger partial charge in [-0.15, -0.1) is 0 Å². The van der Waals surface area contributed by atoms with Crippen LogP contribution < -0.4 is 16.4 Å². The molecule has 88 valence electrons. The van der Waals surface area contributed by atoms with Gasteiger partial charge in [-0.25, -0.2) is 0 Å². The molecule has 0 aromatic carbocycles. The predicted molar refractivity (Wildman–Crippen MR) is 59.1 cm³/mol. The molecular weight excluding hydrogens is 194 g/mol. The van der Waals surface area contributed by atoms with Crippen molar-refractivity contribution in [2.45, 2.75) is 33.2 Å². The molecule has 5 nitrogen and oxygen atoms in total. The Bertz CT molecular complexity index is 219. The zero-order valence-electron chi connectivity index (χ0n) is 9.67. The Hall–Kier alpha value is -1.10. The third-order valence-electron chi connectivity index (χ3n) is 2.30. The Kier molecular flexibility index (Phi) is 6.70. The standard InChI is InChI=1S/C10H21N3O2/c1-4-7(2)9(13-8(3)14)10(15)12-6-5-11/h7,9H,4-6,11H2,1-3H3,(H,12,15)(H,13,14). The SMILES string of the molecule is CCC(C)C(NC(C)=O)C(=O)NCCN. The van der Waals surface area contributed by atoms with E-state index in [9.17, 15) is 9.59 Å². The van der Waals surface area contributed by atoms with E-state index < -0.39 is 6.04 Å². The smallest absolute Gasteiger partial charge is 0.242 e. The van der Waals surface area contributed by atoms with Crippen LogP contribution in [0, 0.1) is 5.92 Å². The summed E-state index contributed by atoms with van der Waals surface area (Å²) in [7, 11) is 0. The maximum Gasteiger partial charge on any atom is 0.242 e. The number of rotatable bonds is 6. The second kappa shape index (κ2) is 7.23. The summed E-state index contributed by atoms with van der Waals surface area (Å²) in [5, 5.41) is 5.32. The second-order valence-electron chi connectivity index (χ2n) is 3.64. The first-order chi connectivity index (χ1) is 7.02. The van der Waals surface area contributed by atoms with Crippen molar-refractivity contribution < 1.29 is 9.59 Å². The van der Waals surface area contributed by atoms with Gasteiger partial charge in [0.25, 0.3) is 0 Å². The average molecular weight is 215 g/mol. The Morgan fingerprint density at radius 2 is 2.00 bits per heavy atom. The van der Waals surface area contributed by atoms with Crippen molar-refractivity contribution in [3.63, 3.8) is 0 Å². The fraction of sp³-hybridized carbons (Fsp3) is 0.800. The van der Waals surface area contributed by atoms with Crippen LogP contribution >= 0.6 is 0 Å². The van der Waals surface area contributed by atoms with Crippen LogP contribution in [0.5, 0.6) is 0 Å². The zero-order valence-corrected chi connectivity index (χ0v) is 9.67. The molecule has 2 amide bonds. The van der Waals surface area contributed by atoms with Crippen molar-refractivity contribution in [2.75, 3.05) is 13.1 Å². The molecule has 4 N–H and O–H groups in total. The molecule has 0 aliphatic rings. The van der Waals surface area contributed by atoms with E-state index in [0.29, 0.717) is 13.1 Å². The first-order valence-electron chi connectivity index (χ1n) is 5.27. The summed E-state index contributed by atoms with van der Waals surface area (Å²) < 4.78 is 0. The van der Waals surface area contributed by atoms with E-state index in [4.69, 9.17) is 5.73 Å². The molecule has 15 heavy (non-hydrogen) atoms. The Morgan fingerprint density at radius 1 is 1.40 bits per heavy atom. The van der Waals surface area contributed by atoms with Gasteiger partial charge < -0.3 is 16.4 Å². The van der Waals surface area contributed by atoms with E-state index >= 15 is 0 Å². The van der Waals surface area contributed by atoms with Crippen LogP contribution in [0.15, 0.2) is 0 Å². The van der Waals surface area contributed by atoms with Gasteiger partial charge in [0.2, 0.25) is 11.8 Å². The lowest BCUT2D eigenvalue weighted by Gasteiger charge is -2.22. The number of carbonyl (C=O) groups excluding carboxylic acids is 2. The monoisotopic (exact) mass is 215 g/mol. The summed E-state index contributed by atoms with van der Waals surface area (Å²) in [5.74, 6) is -0.236. The second-order valence-corrected chi connectivity index (χ2v) is 3.64. The molecular formula is C10H21N3O2. The Balaban J connectivity index is 4.33. The molecule has 0 aliphatic heterocycles. The molecule has 0 spiro atoms. The van der Waals surface area contributed by atoms with Gasteiger partial charge in [-0.2, -0.15) is 0 Å². The van der Waals surface area contributed by atoms with Gasteiger partial charge in [-0.1, -0.05) is 20.3 Å². The number of nitrogens with two attached hydrogens (primary N) is 1. The van der Waals surface area contributed by atoms with Crippen molar-refractivity contribution in [1.29, 1.82) is 0 Å². The van der Waals surface area contributed by atoms with E-state index in [1.165, 1.54) is 6.92 Å². The summed E-state index contributed by atoms with van der Waals surface area (Å²) in [6.07, 6.45) is 0.834. The minimum Gasteiger partial charge on any atom is -0.353 e. The fourth-order valence-corrected chi connectivity index (χ4v) is 1.23. The number of hydrogen-bond donors (Lipinski definition) is 3. The van der Waals surface area contributed by atoms with Gasteiger partial charge in [0, 0.05) is 20.0 Å². The van der Waals surface area contributed by atoms with E-state index in [0.717, 1.165) is 6.42 Å². The van der Waals surface area contributed by atoms with E-state index in [1.807, 2.05) is 13.8 Å². The van der Waals surface area contributed by atoms with Gasteiger partial charge in [0.15, 0.2) is 0 Å². The summed E-state index contributed by atoms with van der Waals surface area (Å²) in [4.78, 5) is 22.6. The number of amides is 2. The normalized spacial score (nSPS) is 14.1. The maximum absolute atomic E-state index is 11.7. The third-order valence-corrected chi connectivity index (χ3v) is 2.30. The fourth-order valence-electron chi connectivity index (χ4n) is 1.23. The van der Waals surface area contributed by atoms with Crippen molar-refractivity contribution in [2.24, 2.45) is 11.7 Å². The van der Waals surface area contributed by atoms with Gasteiger partial charge in [0.1, 0.15) is 6.04 Å². The van der Waals surface area contributed by atoms with Crippen LogP contribution in [0.1, 0.15) is 27.2 Å². The Morgan fingerprint density at radius 3 is 2.40 bits per heavy atom. The quantitative estimate of drug-likeness (QED) is 0.564. The third kappa shape index (κ3) is 5.37. The molecule has 2 atom stereocenters. The first kappa shape index (κ1) is 13.9. The van der Waals surface area contributed by atoms with E-state index in [2.05, 4.69) is 10.6 Å². The van der Waals surface area contributed by atoms with Crippen LogP contribution in [-0.2, 0) is 9.59 Å². The molecule has 2 unspecified atom stereocenters. The van der Waals surface area contributed by atoms with Crippen molar-refractivity contribution in [3.05, 3.63) is 0 Å². The molecule has 0 rings (SSSR count). The van der Waals surface area contributed by atoms with Gasteiger partial charge >= 0.3 is 0 Å². The molecule has 0 aromatic heterocycles. The summed E-state index contributed by atoms with van der Waals surface area (Å²) >= 11 is 0. The molecule has 0 heterocycles. The van der Waals surface area contributed by atoms with Gasteiger partial charge in [-0.05, 0) is 5.92 Å². The molecule has 0 bridgehead atoms. The van der Waals surface area contributed by atoms with Crippen LogP contribution in [0.3, 0.4) is 0 Å². The highest BCUT2D eigenvalue weighted by Gasteiger charge is 2.23. The average Bonchev–Trinajstić information content (AvgIpc) is 2.21. The van der Waals surface area contributed by atoms with Gasteiger partial charge in [0.05, 0.1) is 0 Å². The first-order valence-corrected chi connectivity index (χ1v) is 5.27. The molecule has 0 saturated heterocycles. The van der Waals surface area contributed by atoms with Crippen LogP contribution in [0.4, 0.5) is 0 Å². The van der Waals surface area contributed by atoms with Crippen molar-refractivity contribution >= 4 is 11.8 Å². The van der Waals surface area contributed by atoms with Crippen molar-refractivity contribution in [1.82, 2.24) is 10.6 Å². The minimum atomic E-state index is -0.459. The molecule has 0 radical (unpaired) electrons. The van der Waals surface area contributed by atoms with E-state index in [1.54, 1.807) is 0 Å². The largest absolute Gasteiger partial charge is 0.353 e. The highest BCUT2D eigenvalue weighted by atomic mass is 16.2. The highest BCUT2D eigenvalue weighted by Crippen LogP contribution is 2.07. The molecule has 0 fully saturated rings. The summed E-state index contributed by atoms with van der Waals surface area (Å²) in [5.41, 5.74) is 5.28. The minimum absolute atomic E-state index is 0.117. The number of hydrogen-bond acceptors (Lipinski definition) is 3. The molecule has 5 heteroatoms. The van der Waals surface area contributed by atoms with Crippen LogP contribution in [-0.4, -0.2) is 30.9 Å². The topological polar surface area (TPSA) is 84.2 Å². The Labute approximate surface area is 90.8 Å².